The van der Waals surface area contributed by atoms with Crippen molar-refractivity contribution in [3.05, 3.63) is 87.7 Å². The fourth-order valence-corrected chi connectivity index (χ4v) is 3.44. The van der Waals surface area contributed by atoms with Crippen LogP contribution in [-0.4, -0.2) is 22.6 Å². The molecule has 0 fully saturated rings. The van der Waals surface area contributed by atoms with E-state index in [1.165, 1.54) is 6.92 Å². The second kappa shape index (κ2) is 8.78. The van der Waals surface area contributed by atoms with Crippen molar-refractivity contribution < 1.29 is 14.4 Å². The molecule has 0 aliphatic rings. The molecule has 0 atom stereocenters. The number of carbonyl (C=O) groups excluding carboxylic acids is 3. The summed E-state index contributed by atoms with van der Waals surface area (Å²) in [6, 6.07) is 14.7. The Morgan fingerprint density at radius 2 is 1.63 bits per heavy atom. The summed E-state index contributed by atoms with van der Waals surface area (Å²) in [6.45, 7) is 7.29. The smallest absolute Gasteiger partial charge is 0.268 e. The van der Waals surface area contributed by atoms with Gasteiger partial charge < -0.3 is 15.6 Å². The first-order valence-corrected chi connectivity index (χ1v) is 9.71. The molecule has 30 heavy (non-hydrogen) atoms. The Labute approximate surface area is 175 Å². The quantitative estimate of drug-likeness (QED) is 0.535. The maximum atomic E-state index is 12.6. The van der Waals surface area contributed by atoms with Crippen LogP contribution in [0, 0.1) is 20.8 Å². The first-order chi connectivity index (χ1) is 14.3. The van der Waals surface area contributed by atoms with Crippen molar-refractivity contribution in [3.8, 4) is 0 Å². The van der Waals surface area contributed by atoms with Gasteiger partial charge in [-0.25, -0.2) is 0 Å². The lowest BCUT2D eigenvalue weighted by Gasteiger charge is -2.09. The van der Waals surface area contributed by atoms with Gasteiger partial charge in [-0.3, -0.25) is 14.4 Å². The van der Waals surface area contributed by atoms with Crippen molar-refractivity contribution in [1.82, 2.24) is 10.3 Å². The minimum Gasteiger partial charge on any atom is -0.354 e. The molecule has 0 saturated carbocycles. The van der Waals surface area contributed by atoms with Gasteiger partial charge >= 0.3 is 0 Å². The van der Waals surface area contributed by atoms with Gasteiger partial charge in [0, 0.05) is 29.1 Å². The molecule has 3 rings (SSSR count). The lowest BCUT2D eigenvalue weighted by atomic mass is 10.1. The van der Waals surface area contributed by atoms with E-state index in [0.717, 1.165) is 11.1 Å². The number of aromatic amines is 1. The molecule has 2 amide bonds. The first-order valence-electron chi connectivity index (χ1n) is 9.71. The molecular weight excluding hydrogens is 378 g/mol. The molecule has 0 unspecified atom stereocenters. The standard InChI is InChI=1S/C24H25N3O3/c1-14-8-10-19(11-9-14)23(29)27-20-7-5-6-18(12-20)13-25-24(30)22-15(2)21(17(4)28)16(3)26-22/h5-12,26H,13H2,1-4H3,(H,25,30)(H,27,29). The van der Waals surface area contributed by atoms with Gasteiger partial charge in [0.15, 0.2) is 5.78 Å². The van der Waals surface area contributed by atoms with E-state index < -0.39 is 0 Å². The van der Waals surface area contributed by atoms with Crippen molar-refractivity contribution in [1.29, 1.82) is 0 Å². The van der Waals surface area contributed by atoms with Crippen molar-refractivity contribution in [2.75, 3.05) is 5.32 Å². The van der Waals surface area contributed by atoms with Crippen molar-refractivity contribution in [2.24, 2.45) is 0 Å². The molecule has 154 valence electrons. The number of hydrogen-bond acceptors (Lipinski definition) is 3. The zero-order chi connectivity index (χ0) is 21.8. The molecule has 0 bridgehead atoms. The van der Waals surface area contributed by atoms with Gasteiger partial charge in [-0.15, -0.1) is 0 Å². The van der Waals surface area contributed by atoms with Crippen molar-refractivity contribution >= 4 is 23.3 Å². The summed E-state index contributed by atoms with van der Waals surface area (Å²) in [6.07, 6.45) is 0. The summed E-state index contributed by atoms with van der Waals surface area (Å²) >= 11 is 0. The van der Waals surface area contributed by atoms with Crippen LogP contribution in [0.25, 0.3) is 0 Å². The number of amides is 2. The highest BCUT2D eigenvalue weighted by Crippen LogP contribution is 2.19. The number of nitrogens with one attached hydrogen (secondary N) is 3. The lowest BCUT2D eigenvalue weighted by Crippen LogP contribution is -2.24. The van der Waals surface area contributed by atoms with Crippen LogP contribution in [0.1, 0.15) is 60.5 Å². The normalized spacial score (nSPS) is 10.5. The molecule has 1 heterocycles. The summed E-state index contributed by atoms with van der Waals surface area (Å²) in [5.41, 5.74) is 5.45. The molecule has 0 aliphatic heterocycles. The van der Waals surface area contributed by atoms with E-state index in [0.29, 0.717) is 40.3 Å². The maximum absolute atomic E-state index is 12.6. The van der Waals surface area contributed by atoms with Gasteiger partial charge in [0.1, 0.15) is 5.69 Å². The molecule has 0 spiro atoms. The van der Waals surface area contributed by atoms with E-state index in [9.17, 15) is 14.4 Å². The van der Waals surface area contributed by atoms with E-state index >= 15 is 0 Å². The van der Waals surface area contributed by atoms with Crippen molar-refractivity contribution in [3.63, 3.8) is 0 Å². The SMILES string of the molecule is CC(=O)c1c(C)[nH]c(C(=O)NCc2cccc(NC(=O)c3ccc(C)cc3)c2)c1C. The summed E-state index contributed by atoms with van der Waals surface area (Å²) < 4.78 is 0. The van der Waals surface area contributed by atoms with Gasteiger partial charge in [-0.2, -0.15) is 0 Å². The monoisotopic (exact) mass is 403 g/mol. The molecule has 0 radical (unpaired) electrons. The summed E-state index contributed by atoms with van der Waals surface area (Å²) in [5.74, 6) is -0.542. The van der Waals surface area contributed by atoms with Gasteiger partial charge in [0.2, 0.25) is 0 Å². The summed E-state index contributed by atoms with van der Waals surface area (Å²) in [7, 11) is 0. The Morgan fingerprint density at radius 3 is 2.27 bits per heavy atom. The Morgan fingerprint density at radius 1 is 0.933 bits per heavy atom. The Hall–Kier alpha value is -3.67. The predicted octanol–water partition coefficient (Wildman–Crippen LogP) is 4.32. The van der Waals surface area contributed by atoms with Gasteiger partial charge in [0.05, 0.1) is 0 Å². The molecule has 0 aliphatic carbocycles. The molecular formula is C24H25N3O3. The molecule has 3 aromatic rings. The van der Waals surface area contributed by atoms with E-state index in [4.69, 9.17) is 0 Å². The Bertz CT molecular complexity index is 1110. The highest BCUT2D eigenvalue weighted by Gasteiger charge is 2.19. The zero-order valence-electron chi connectivity index (χ0n) is 17.6. The largest absolute Gasteiger partial charge is 0.354 e. The van der Waals surface area contributed by atoms with Crippen LogP contribution in [0.4, 0.5) is 5.69 Å². The highest BCUT2D eigenvalue weighted by atomic mass is 16.2. The van der Waals surface area contributed by atoms with Gasteiger partial charge in [-0.05, 0) is 63.1 Å². The number of hydrogen-bond donors (Lipinski definition) is 3. The molecule has 0 saturated heterocycles. The van der Waals surface area contributed by atoms with Crippen LogP contribution in [0.3, 0.4) is 0 Å². The average Bonchev–Trinajstić information content (AvgIpc) is 3.01. The van der Waals surface area contributed by atoms with E-state index in [-0.39, 0.29) is 17.6 Å². The maximum Gasteiger partial charge on any atom is 0.268 e. The minimum atomic E-state index is -0.280. The van der Waals surface area contributed by atoms with Crippen LogP contribution in [0.2, 0.25) is 0 Å². The number of carbonyl (C=O) groups is 3. The van der Waals surface area contributed by atoms with Crippen LogP contribution in [-0.2, 0) is 6.54 Å². The molecule has 2 aromatic carbocycles. The first kappa shape index (κ1) is 21.0. The molecule has 1 aromatic heterocycles. The average molecular weight is 403 g/mol. The Balaban J connectivity index is 1.66. The highest BCUT2D eigenvalue weighted by molar-refractivity contribution is 6.04. The third kappa shape index (κ3) is 4.66. The second-order valence-corrected chi connectivity index (χ2v) is 7.38. The van der Waals surface area contributed by atoms with Crippen LogP contribution >= 0.6 is 0 Å². The third-order valence-corrected chi connectivity index (χ3v) is 4.97. The number of rotatable bonds is 6. The third-order valence-electron chi connectivity index (χ3n) is 4.97. The number of H-pyrrole nitrogens is 1. The molecule has 6 heteroatoms. The lowest BCUT2D eigenvalue weighted by molar-refractivity contribution is 0.0944. The van der Waals surface area contributed by atoms with Crippen molar-refractivity contribution in [2.45, 2.75) is 34.2 Å². The molecule has 3 N–H and O–H groups in total. The van der Waals surface area contributed by atoms with Gasteiger partial charge in [0.25, 0.3) is 11.8 Å². The fraction of sp³-hybridized carbons (Fsp3) is 0.208. The van der Waals surface area contributed by atoms with Gasteiger partial charge in [-0.1, -0.05) is 29.8 Å². The minimum absolute atomic E-state index is 0.0719. The summed E-state index contributed by atoms with van der Waals surface area (Å²) in [5, 5.41) is 5.73. The predicted molar refractivity (Wildman–Crippen MR) is 117 cm³/mol. The number of Topliss-reactive ketones (excluding diaryl/α,β-unsaturated/α-hetero) is 1. The van der Waals surface area contributed by atoms with E-state index in [1.54, 1.807) is 32.0 Å². The number of anilines is 1. The van der Waals surface area contributed by atoms with Crippen LogP contribution in [0.5, 0.6) is 0 Å². The number of ketones is 1. The zero-order valence-corrected chi connectivity index (χ0v) is 17.6. The summed E-state index contributed by atoms with van der Waals surface area (Å²) in [4.78, 5) is 39.7. The number of aryl methyl sites for hydroxylation is 2. The Kier molecular flexibility index (Phi) is 6.16. The van der Waals surface area contributed by atoms with Crippen LogP contribution < -0.4 is 10.6 Å². The number of aromatic nitrogens is 1. The van der Waals surface area contributed by atoms with E-state index in [2.05, 4.69) is 15.6 Å². The number of benzene rings is 2. The topological polar surface area (TPSA) is 91.1 Å². The van der Waals surface area contributed by atoms with E-state index in [1.807, 2.05) is 37.3 Å². The second-order valence-electron chi connectivity index (χ2n) is 7.38. The van der Waals surface area contributed by atoms with Crippen LogP contribution in [0.15, 0.2) is 48.5 Å². The fourth-order valence-electron chi connectivity index (χ4n) is 3.44. The molecule has 6 nitrogen and oxygen atoms in total.